The fourth-order valence-corrected chi connectivity index (χ4v) is 5.31. The molecule has 1 saturated carbocycles. The minimum atomic E-state index is -0.582. The van der Waals surface area contributed by atoms with Gasteiger partial charge in [-0.1, -0.05) is 25.3 Å². The van der Waals surface area contributed by atoms with Crippen LogP contribution in [0.4, 0.5) is 14.5 Å². The number of phenolic OH excluding ortho intramolecular Hbond substituents is 1. The van der Waals surface area contributed by atoms with Crippen LogP contribution in [0, 0.1) is 11.6 Å². The lowest BCUT2D eigenvalue weighted by molar-refractivity contribution is -0.134. The summed E-state index contributed by atoms with van der Waals surface area (Å²) >= 11 is 0. The highest BCUT2D eigenvalue weighted by Crippen LogP contribution is 2.39. The number of nitrogens with one attached hydrogen (secondary N) is 3. The molecule has 0 radical (unpaired) electrons. The lowest BCUT2D eigenvalue weighted by Crippen LogP contribution is -2.45. The highest BCUT2D eigenvalue weighted by molar-refractivity contribution is 5.97. The van der Waals surface area contributed by atoms with Crippen LogP contribution in [0.2, 0.25) is 0 Å². The van der Waals surface area contributed by atoms with E-state index >= 15 is 0 Å². The van der Waals surface area contributed by atoms with Crippen molar-refractivity contribution >= 4 is 17.5 Å². The van der Waals surface area contributed by atoms with E-state index in [2.05, 4.69) is 16.0 Å². The molecule has 1 heterocycles. The molecule has 1 aliphatic carbocycles. The second-order valence-electron chi connectivity index (χ2n) is 10.2. The Hall–Kier alpha value is -3.24. The number of amides is 2. The Morgan fingerprint density at radius 1 is 1.00 bits per heavy atom. The van der Waals surface area contributed by atoms with E-state index in [4.69, 9.17) is 4.74 Å². The van der Waals surface area contributed by atoms with Crippen molar-refractivity contribution in [2.45, 2.75) is 57.4 Å². The van der Waals surface area contributed by atoms with Crippen molar-refractivity contribution in [2.24, 2.45) is 0 Å². The van der Waals surface area contributed by atoms with Crippen molar-refractivity contribution in [3.8, 4) is 11.5 Å². The minimum absolute atomic E-state index is 0.0197. The van der Waals surface area contributed by atoms with E-state index in [9.17, 15) is 23.5 Å². The predicted octanol–water partition coefficient (Wildman–Crippen LogP) is 3.52. The van der Waals surface area contributed by atoms with Crippen LogP contribution in [-0.2, 0) is 22.4 Å². The second kappa shape index (κ2) is 14.2. The van der Waals surface area contributed by atoms with Gasteiger partial charge < -0.3 is 30.7 Å². The van der Waals surface area contributed by atoms with Crippen LogP contribution in [0.25, 0.3) is 0 Å². The summed E-state index contributed by atoms with van der Waals surface area (Å²) < 4.78 is 32.3. The van der Waals surface area contributed by atoms with Gasteiger partial charge in [0.05, 0.1) is 0 Å². The van der Waals surface area contributed by atoms with Gasteiger partial charge in [0.25, 0.3) is 5.91 Å². The fourth-order valence-electron chi connectivity index (χ4n) is 5.31. The molecule has 4 rings (SSSR count). The number of aromatic hydroxyl groups is 1. The molecule has 1 fully saturated rings. The number of halogens is 2. The molecule has 0 atom stereocenters. The highest BCUT2D eigenvalue weighted by Gasteiger charge is 2.25. The van der Waals surface area contributed by atoms with E-state index < -0.39 is 11.6 Å². The molecule has 2 aliphatic rings. The van der Waals surface area contributed by atoms with Crippen LogP contribution < -0.4 is 20.7 Å². The zero-order valence-electron chi connectivity index (χ0n) is 22.2. The first-order valence-corrected chi connectivity index (χ1v) is 13.8. The molecule has 0 bridgehead atoms. The average Bonchev–Trinajstić information content (AvgIpc) is 2.91. The molecule has 0 aromatic heterocycles. The van der Waals surface area contributed by atoms with E-state index in [-0.39, 0.29) is 30.2 Å². The summed E-state index contributed by atoms with van der Waals surface area (Å²) in [6.45, 7) is 2.90. The number of ether oxygens (including phenoxy) is 1. The molecule has 39 heavy (non-hydrogen) atoms. The molecule has 212 valence electrons. The van der Waals surface area contributed by atoms with E-state index in [1.807, 2.05) is 4.90 Å². The molecule has 0 unspecified atom stereocenters. The molecule has 2 amide bonds. The van der Waals surface area contributed by atoms with Crippen molar-refractivity contribution < 1.29 is 28.2 Å². The van der Waals surface area contributed by atoms with Crippen LogP contribution in [0.1, 0.15) is 49.7 Å². The number of rotatable bonds is 13. The van der Waals surface area contributed by atoms with E-state index in [1.54, 1.807) is 12.1 Å². The Kier molecular flexibility index (Phi) is 10.5. The zero-order valence-corrected chi connectivity index (χ0v) is 22.2. The van der Waals surface area contributed by atoms with E-state index in [0.717, 1.165) is 37.3 Å². The van der Waals surface area contributed by atoms with E-state index in [1.165, 1.54) is 18.6 Å². The maximum absolute atomic E-state index is 13.4. The number of anilines is 1. The lowest BCUT2D eigenvalue weighted by atomic mass is 9.94. The number of benzene rings is 2. The Balaban J connectivity index is 1.21. The van der Waals surface area contributed by atoms with Crippen molar-refractivity contribution in [3.63, 3.8) is 0 Å². The number of nitrogens with zero attached hydrogens (tertiary/aromatic N) is 1. The molecule has 2 aromatic carbocycles. The van der Waals surface area contributed by atoms with Crippen molar-refractivity contribution in [1.82, 2.24) is 15.5 Å². The number of carbonyl (C=O) groups excluding carboxylic acids is 2. The monoisotopic (exact) mass is 544 g/mol. The van der Waals surface area contributed by atoms with Gasteiger partial charge in [-0.25, -0.2) is 8.78 Å². The predicted molar refractivity (Wildman–Crippen MR) is 145 cm³/mol. The van der Waals surface area contributed by atoms with Gasteiger partial charge in [0, 0.05) is 38.2 Å². The van der Waals surface area contributed by atoms with Gasteiger partial charge in [0.15, 0.2) is 12.4 Å². The molecule has 0 spiro atoms. The van der Waals surface area contributed by atoms with Crippen LogP contribution in [0.3, 0.4) is 0 Å². The topological polar surface area (TPSA) is 103 Å². The summed E-state index contributed by atoms with van der Waals surface area (Å²) in [7, 11) is 0. The maximum Gasteiger partial charge on any atom is 0.262 e. The van der Waals surface area contributed by atoms with Gasteiger partial charge >= 0.3 is 0 Å². The number of hydrogen-bond donors (Lipinski definition) is 4. The summed E-state index contributed by atoms with van der Waals surface area (Å²) in [6, 6.07) is 7.12. The Labute approximate surface area is 228 Å². The molecule has 2 aromatic rings. The van der Waals surface area contributed by atoms with Gasteiger partial charge in [-0.3, -0.25) is 9.59 Å². The Morgan fingerprint density at radius 2 is 1.72 bits per heavy atom. The largest absolute Gasteiger partial charge is 0.506 e. The summed E-state index contributed by atoms with van der Waals surface area (Å²) in [5.74, 6) is -0.857. The van der Waals surface area contributed by atoms with Gasteiger partial charge in [0.1, 0.15) is 23.1 Å². The van der Waals surface area contributed by atoms with Crippen LogP contribution in [0.15, 0.2) is 30.3 Å². The molecule has 10 heteroatoms. The third-order valence-electron chi connectivity index (χ3n) is 7.29. The van der Waals surface area contributed by atoms with Gasteiger partial charge in [-0.2, -0.15) is 0 Å². The first-order chi connectivity index (χ1) is 18.9. The van der Waals surface area contributed by atoms with E-state index in [0.29, 0.717) is 69.0 Å². The Bertz CT molecular complexity index is 1120. The summed E-state index contributed by atoms with van der Waals surface area (Å²) in [6.07, 6.45) is 7.02. The summed E-state index contributed by atoms with van der Waals surface area (Å²) in [5, 5.41) is 19.3. The normalized spacial score (nSPS) is 15.4. The number of fused-ring (bicyclic) bond motifs is 1. The maximum atomic E-state index is 13.4. The smallest absolute Gasteiger partial charge is 0.262 e. The van der Waals surface area contributed by atoms with Crippen molar-refractivity contribution in [2.75, 3.05) is 44.6 Å². The zero-order chi connectivity index (χ0) is 27.6. The van der Waals surface area contributed by atoms with Crippen LogP contribution in [-0.4, -0.2) is 67.2 Å². The quantitative estimate of drug-likeness (QED) is 0.227. The Morgan fingerprint density at radius 3 is 2.49 bits per heavy atom. The molecule has 8 nitrogen and oxygen atoms in total. The first kappa shape index (κ1) is 28.8. The first-order valence-electron chi connectivity index (χ1n) is 13.8. The molecular formula is C29H38F2N4O4. The van der Waals surface area contributed by atoms with Crippen molar-refractivity contribution in [1.29, 1.82) is 0 Å². The summed E-state index contributed by atoms with van der Waals surface area (Å²) in [5.41, 5.74) is 1.79. The average molecular weight is 545 g/mol. The number of hydrogen-bond acceptors (Lipinski definition) is 6. The van der Waals surface area contributed by atoms with Gasteiger partial charge in [-0.05, 0) is 68.1 Å². The van der Waals surface area contributed by atoms with Crippen LogP contribution >= 0.6 is 0 Å². The highest BCUT2D eigenvalue weighted by atomic mass is 19.1. The fraction of sp³-hybridized carbons (Fsp3) is 0.517. The number of phenols is 1. The third-order valence-corrected chi connectivity index (χ3v) is 7.29. The van der Waals surface area contributed by atoms with Gasteiger partial charge in [0.2, 0.25) is 5.91 Å². The SMILES string of the molecule is O=C1COc2c(CCNCCN(C(=O)CCNCCc3cc(F)cc(F)c3)C3CCCCC3)ccc(O)c2N1. The summed E-state index contributed by atoms with van der Waals surface area (Å²) in [4.78, 5) is 26.8. The molecule has 1 aliphatic heterocycles. The lowest BCUT2D eigenvalue weighted by Gasteiger charge is -2.34. The number of carbonyl (C=O) groups is 2. The van der Waals surface area contributed by atoms with Gasteiger partial charge in [-0.15, -0.1) is 0 Å². The molecular weight excluding hydrogens is 506 g/mol. The van der Waals surface area contributed by atoms with Crippen molar-refractivity contribution in [3.05, 3.63) is 53.1 Å². The minimum Gasteiger partial charge on any atom is -0.506 e. The third kappa shape index (κ3) is 8.37. The molecule has 4 N–H and O–H groups in total. The standard InChI is InChI=1S/C29H38F2N4O4/c30-22-16-20(17-23(31)18-22)8-11-32-13-10-27(38)35(24-4-2-1-3-5-24)15-14-33-12-9-21-6-7-25(36)28-29(21)39-19-26(37)34-28/h6-7,16-18,24,32-33,36H,1-5,8-15,19H2,(H,34,37). The second-order valence-corrected chi connectivity index (χ2v) is 10.2. The molecule has 0 saturated heterocycles. The van der Waals surface area contributed by atoms with Crippen LogP contribution in [0.5, 0.6) is 11.5 Å².